The van der Waals surface area contributed by atoms with Gasteiger partial charge in [0.05, 0.1) is 25.5 Å². The van der Waals surface area contributed by atoms with E-state index in [4.69, 9.17) is 9.84 Å². The SMILES string of the molecule is COc1cc(-c2cnn(C3CN(C4CC5CCC4N5)C3)c2C)cn2ncc(C#N)c12. The number of rotatable bonds is 4. The highest BCUT2D eigenvalue weighted by Crippen LogP contribution is 2.37. The molecular formula is C22H25N7O. The van der Waals surface area contributed by atoms with Gasteiger partial charge in [0.25, 0.3) is 0 Å². The zero-order chi connectivity index (χ0) is 20.4. The molecule has 1 N–H and O–H groups in total. The second kappa shape index (κ2) is 6.56. The van der Waals surface area contributed by atoms with Crippen molar-refractivity contribution < 1.29 is 4.74 Å². The summed E-state index contributed by atoms with van der Waals surface area (Å²) in [6, 6.07) is 6.72. The van der Waals surface area contributed by atoms with Crippen molar-refractivity contribution in [1.29, 1.82) is 5.26 Å². The van der Waals surface area contributed by atoms with Crippen molar-refractivity contribution in [2.75, 3.05) is 20.2 Å². The number of hydrogen-bond acceptors (Lipinski definition) is 6. The Balaban J connectivity index is 1.26. The van der Waals surface area contributed by atoms with Gasteiger partial charge in [-0.15, -0.1) is 0 Å². The summed E-state index contributed by atoms with van der Waals surface area (Å²) in [4.78, 5) is 2.63. The third-order valence-corrected chi connectivity index (χ3v) is 7.24. The molecule has 0 saturated carbocycles. The average Bonchev–Trinajstić information content (AvgIpc) is 3.50. The summed E-state index contributed by atoms with van der Waals surface area (Å²) in [5, 5.41) is 22.1. The van der Waals surface area contributed by atoms with Crippen LogP contribution >= 0.6 is 0 Å². The standard InChI is InChI=1S/C22H25N7O/c1-13-18(14-5-21(30-2)22-15(7-23)8-24-28(22)10-14)9-25-29(13)17-11-27(12-17)20-6-16-3-4-19(20)26-16/h5,8-10,16-17,19-20,26H,3-4,6,11-12H2,1-2H3. The molecule has 3 fully saturated rings. The number of nitriles is 1. The molecule has 6 heterocycles. The van der Waals surface area contributed by atoms with Crippen LogP contribution < -0.4 is 10.1 Å². The minimum atomic E-state index is 0.429. The van der Waals surface area contributed by atoms with E-state index < -0.39 is 0 Å². The molecule has 3 aliphatic heterocycles. The quantitative estimate of drug-likeness (QED) is 0.719. The molecule has 0 aliphatic carbocycles. The van der Waals surface area contributed by atoms with Crippen LogP contribution in [0.3, 0.4) is 0 Å². The highest BCUT2D eigenvalue weighted by Gasteiger charge is 2.46. The summed E-state index contributed by atoms with van der Waals surface area (Å²) in [7, 11) is 1.62. The van der Waals surface area contributed by atoms with E-state index in [1.807, 2.05) is 18.5 Å². The maximum Gasteiger partial charge on any atom is 0.146 e. The van der Waals surface area contributed by atoms with Gasteiger partial charge in [0.1, 0.15) is 22.9 Å². The normalized spacial score (nSPS) is 26.2. The number of nitrogens with one attached hydrogen (secondary N) is 1. The van der Waals surface area contributed by atoms with Crippen LogP contribution in [0.2, 0.25) is 0 Å². The van der Waals surface area contributed by atoms with Gasteiger partial charge >= 0.3 is 0 Å². The minimum absolute atomic E-state index is 0.429. The first kappa shape index (κ1) is 17.9. The molecule has 0 spiro atoms. The topological polar surface area (TPSA) is 83.4 Å². The fourth-order valence-electron chi connectivity index (χ4n) is 5.66. The Morgan fingerprint density at radius 2 is 2.10 bits per heavy atom. The zero-order valence-electron chi connectivity index (χ0n) is 17.2. The maximum absolute atomic E-state index is 9.33. The fraction of sp³-hybridized carbons (Fsp3) is 0.500. The van der Waals surface area contributed by atoms with Crippen molar-refractivity contribution >= 4 is 5.52 Å². The molecule has 3 unspecified atom stereocenters. The van der Waals surface area contributed by atoms with Gasteiger partial charge in [-0.2, -0.15) is 15.5 Å². The van der Waals surface area contributed by atoms with Crippen molar-refractivity contribution in [1.82, 2.24) is 29.6 Å². The summed E-state index contributed by atoms with van der Waals surface area (Å²) < 4.78 is 9.45. The van der Waals surface area contributed by atoms with Crippen molar-refractivity contribution in [3.05, 3.63) is 35.9 Å². The molecule has 30 heavy (non-hydrogen) atoms. The lowest BCUT2D eigenvalue weighted by molar-refractivity contribution is 0.0409. The Hall–Kier alpha value is -2.89. The van der Waals surface area contributed by atoms with E-state index in [0.29, 0.717) is 35.0 Å². The lowest BCUT2D eigenvalue weighted by Gasteiger charge is -2.45. The fourth-order valence-corrected chi connectivity index (χ4v) is 5.66. The first-order valence-electron chi connectivity index (χ1n) is 10.7. The van der Waals surface area contributed by atoms with E-state index in [9.17, 15) is 5.26 Å². The first-order valence-corrected chi connectivity index (χ1v) is 10.7. The van der Waals surface area contributed by atoms with E-state index in [1.54, 1.807) is 17.8 Å². The summed E-state index contributed by atoms with van der Waals surface area (Å²) in [6.45, 7) is 4.28. The Morgan fingerprint density at radius 3 is 2.80 bits per heavy atom. The summed E-state index contributed by atoms with van der Waals surface area (Å²) >= 11 is 0. The maximum atomic E-state index is 9.33. The van der Waals surface area contributed by atoms with Gasteiger partial charge in [0.2, 0.25) is 0 Å². The number of methoxy groups -OCH3 is 1. The third kappa shape index (κ3) is 2.52. The molecule has 0 radical (unpaired) electrons. The molecule has 8 heteroatoms. The van der Waals surface area contributed by atoms with Crippen LogP contribution in [0.25, 0.3) is 16.6 Å². The average molecular weight is 403 g/mol. The summed E-state index contributed by atoms with van der Waals surface area (Å²) in [5.74, 6) is 0.646. The van der Waals surface area contributed by atoms with Gasteiger partial charge < -0.3 is 10.1 Å². The number of pyridine rings is 1. The molecule has 8 nitrogen and oxygen atoms in total. The number of ether oxygens (including phenoxy) is 1. The van der Waals surface area contributed by atoms with Gasteiger partial charge in [0.15, 0.2) is 0 Å². The molecule has 0 amide bonds. The van der Waals surface area contributed by atoms with Crippen molar-refractivity contribution in [2.45, 2.75) is 50.4 Å². The Kier molecular flexibility index (Phi) is 3.92. The molecule has 3 saturated heterocycles. The Bertz CT molecular complexity index is 1170. The van der Waals surface area contributed by atoms with Gasteiger partial charge in [-0.1, -0.05) is 0 Å². The number of aromatic nitrogens is 4. The molecule has 3 atom stereocenters. The second-order valence-corrected chi connectivity index (χ2v) is 8.81. The molecule has 2 bridgehead atoms. The molecular weight excluding hydrogens is 378 g/mol. The predicted molar refractivity (Wildman–Crippen MR) is 111 cm³/mol. The van der Waals surface area contributed by atoms with E-state index >= 15 is 0 Å². The number of nitrogens with zero attached hydrogens (tertiary/aromatic N) is 6. The lowest BCUT2D eigenvalue weighted by atomic mass is 9.91. The van der Waals surface area contributed by atoms with Crippen LogP contribution in [0.4, 0.5) is 0 Å². The van der Waals surface area contributed by atoms with Gasteiger partial charge in [0, 0.05) is 54.2 Å². The largest absolute Gasteiger partial charge is 0.494 e. The minimum Gasteiger partial charge on any atom is -0.494 e. The van der Waals surface area contributed by atoms with E-state index in [0.717, 1.165) is 36.0 Å². The Labute approximate surface area is 175 Å². The number of hydrogen-bond donors (Lipinski definition) is 1. The van der Waals surface area contributed by atoms with Crippen molar-refractivity contribution in [3.63, 3.8) is 0 Å². The van der Waals surface area contributed by atoms with Crippen LogP contribution in [-0.2, 0) is 0 Å². The van der Waals surface area contributed by atoms with E-state index in [1.165, 1.54) is 19.3 Å². The van der Waals surface area contributed by atoms with Crippen LogP contribution in [0, 0.1) is 18.3 Å². The lowest BCUT2D eigenvalue weighted by Crippen LogP contribution is -2.56. The highest BCUT2D eigenvalue weighted by atomic mass is 16.5. The van der Waals surface area contributed by atoms with Gasteiger partial charge in [-0.3, -0.25) is 9.58 Å². The van der Waals surface area contributed by atoms with Crippen LogP contribution in [-0.4, -0.2) is 62.6 Å². The van der Waals surface area contributed by atoms with E-state index in [2.05, 4.69) is 33.0 Å². The molecule has 3 aliphatic rings. The van der Waals surface area contributed by atoms with E-state index in [-0.39, 0.29) is 0 Å². The van der Waals surface area contributed by atoms with Crippen molar-refractivity contribution in [3.8, 4) is 22.9 Å². The highest BCUT2D eigenvalue weighted by molar-refractivity contribution is 5.75. The molecule has 6 rings (SSSR count). The number of likely N-dealkylation sites (tertiary alicyclic amines) is 1. The van der Waals surface area contributed by atoms with Crippen LogP contribution in [0.5, 0.6) is 5.75 Å². The zero-order valence-corrected chi connectivity index (χ0v) is 17.2. The third-order valence-electron chi connectivity index (χ3n) is 7.24. The molecule has 0 aromatic carbocycles. The van der Waals surface area contributed by atoms with Crippen LogP contribution in [0.1, 0.15) is 36.6 Å². The van der Waals surface area contributed by atoms with Gasteiger partial charge in [-0.05, 0) is 32.3 Å². The molecule has 3 aromatic heterocycles. The monoisotopic (exact) mass is 403 g/mol. The molecule has 3 aromatic rings. The molecule has 154 valence electrons. The van der Waals surface area contributed by atoms with Gasteiger partial charge in [-0.25, -0.2) is 4.52 Å². The van der Waals surface area contributed by atoms with Crippen LogP contribution in [0.15, 0.2) is 24.7 Å². The smallest absolute Gasteiger partial charge is 0.146 e. The summed E-state index contributed by atoms with van der Waals surface area (Å²) in [6.07, 6.45) is 9.43. The summed E-state index contributed by atoms with van der Waals surface area (Å²) in [5.41, 5.74) is 4.42. The Morgan fingerprint density at radius 1 is 1.23 bits per heavy atom. The predicted octanol–water partition coefficient (Wildman–Crippen LogP) is 2.14. The first-order chi connectivity index (χ1) is 14.7. The second-order valence-electron chi connectivity index (χ2n) is 8.81. The van der Waals surface area contributed by atoms with Crippen molar-refractivity contribution in [2.24, 2.45) is 0 Å². The number of fused-ring (bicyclic) bond motifs is 3.